The van der Waals surface area contributed by atoms with Crippen molar-refractivity contribution in [2.24, 2.45) is 0 Å². The highest BCUT2D eigenvalue weighted by Gasteiger charge is 2.47. The van der Waals surface area contributed by atoms with Crippen LogP contribution in [0.25, 0.3) is 0 Å². The van der Waals surface area contributed by atoms with Crippen molar-refractivity contribution in [3.63, 3.8) is 0 Å². The third-order valence-corrected chi connectivity index (χ3v) is 5.35. The fourth-order valence-electron chi connectivity index (χ4n) is 3.81. The first-order chi connectivity index (χ1) is 14.7. The molecule has 3 heterocycles. The van der Waals surface area contributed by atoms with Gasteiger partial charge in [0, 0.05) is 12.8 Å². The Hall–Kier alpha value is -2.83. The van der Waals surface area contributed by atoms with Crippen LogP contribution in [0.4, 0.5) is 4.79 Å². The topological polar surface area (TPSA) is 93.1 Å². The van der Waals surface area contributed by atoms with E-state index in [0.717, 1.165) is 41.9 Å². The molecule has 3 aliphatic rings. The van der Waals surface area contributed by atoms with Crippen LogP contribution in [0.1, 0.15) is 64.9 Å². The Kier molecular flexibility index (Phi) is 7.03. The molecule has 1 atom stereocenters. The van der Waals surface area contributed by atoms with Gasteiger partial charge in [0.05, 0.1) is 6.61 Å². The van der Waals surface area contributed by atoms with E-state index in [1.165, 1.54) is 0 Å². The van der Waals surface area contributed by atoms with E-state index < -0.39 is 29.4 Å². The van der Waals surface area contributed by atoms with Gasteiger partial charge in [-0.2, -0.15) is 0 Å². The van der Waals surface area contributed by atoms with Gasteiger partial charge in [-0.25, -0.2) is 9.69 Å². The Labute approximate surface area is 183 Å². The summed E-state index contributed by atoms with van der Waals surface area (Å²) >= 11 is 0. The number of nitrogens with zero attached hydrogens (tertiary/aromatic N) is 1. The van der Waals surface area contributed by atoms with E-state index in [2.05, 4.69) is 0 Å². The summed E-state index contributed by atoms with van der Waals surface area (Å²) in [6.45, 7) is 5.72. The number of ether oxygens (including phenoxy) is 2. The first-order valence-corrected chi connectivity index (χ1v) is 10.9. The summed E-state index contributed by atoms with van der Waals surface area (Å²) in [6.07, 6.45) is 3.83. The average molecular weight is 430 g/mol. The highest BCUT2D eigenvalue weighted by Crippen LogP contribution is 2.31. The van der Waals surface area contributed by atoms with E-state index in [1.807, 2.05) is 24.3 Å². The van der Waals surface area contributed by atoms with E-state index in [-0.39, 0.29) is 24.2 Å². The van der Waals surface area contributed by atoms with E-state index in [0.29, 0.717) is 13.0 Å². The third kappa shape index (κ3) is 5.66. The molecule has 0 saturated heterocycles. The van der Waals surface area contributed by atoms with Crippen LogP contribution in [0.5, 0.6) is 5.75 Å². The van der Waals surface area contributed by atoms with E-state index in [1.54, 1.807) is 20.8 Å². The molecule has 0 aliphatic carbocycles. The number of Topliss-reactive ketones (excluding diaryl/α,β-unsaturated/α-hetero) is 1. The van der Waals surface area contributed by atoms with Crippen LogP contribution < -0.4 is 4.74 Å². The number of rotatable bonds is 0. The molecule has 0 fully saturated rings. The van der Waals surface area contributed by atoms with Gasteiger partial charge < -0.3 is 14.6 Å². The molecule has 1 aromatic carbocycles. The first-order valence-electron chi connectivity index (χ1n) is 10.9. The number of ketones is 1. The number of aliphatic hydroxyl groups is 1. The highest BCUT2D eigenvalue weighted by atomic mass is 16.6. The molecule has 0 saturated carbocycles. The van der Waals surface area contributed by atoms with Crippen LogP contribution in [-0.4, -0.2) is 46.0 Å². The maximum Gasteiger partial charge on any atom is 0.418 e. The molecule has 1 N–H and O–H groups in total. The summed E-state index contributed by atoms with van der Waals surface area (Å²) in [4.78, 5) is 39.5. The average Bonchev–Trinajstić information content (AvgIpc) is 2.93. The van der Waals surface area contributed by atoms with Gasteiger partial charge >= 0.3 is 6.09 Å². The molecular weight excluding hydrogens is 398 g/mol. The maximum atomic E-state index is 13.1. The first kappa shape index (κ1) is 22.8. The molecule has 0 radical (unpaired) electrons. The number of hydrogen-bond acceptors (Lipinski definition) is 6. The van der Waals surface area contributed by atoms with Crippen LogP contribution in [0.2, 0.25) is 0 Å². The minimum absolute atomic E-state index is 0.158. The monoisotopic (exact) mass is 429 g/mol. The summed E-state index contributed by atoms with van der Waals surface area (Å²) in [5, 5.41) is 10.8. The minimum atomic E-state index is -0.983. The molecule has 0 spiro atoms. The molecule has 168 valence electrons. The molecule has 4 bridgehead atoms. The molecular formula is C24H31NO6. The quantitative estimate of drug-likeness (QED) is 0.611. The maximum absolute atomic E-state index is 13.1. The van der Waals surface area contributed by atoms with Gasteiger partial charge in [-0.15, -0.1) is 0 Å². The standard InChI is InChI=1S/C24H31NO6/c1-24(2,3)31-23(29)25-18-15-16-10-12-17(13-11-16)30-14-8-6-4-5-7-9-19(26)20(21(18)27)22(25)28/h10-13,18,27H,4-9,14-15H2,1-3H3/t18-/m0/s1. The Morgan fingerprint density at radius 1 is 1.06 bits per heavy atom. The van der Waals surface area contributed by atoms with Gasteiger partial charge in [-0.3, -0.25) is 9.59 Å². The smallest absolute Gasteiger partial charge is 0.418 e. The summed E-state index contributed by atoms with van der Waals surface area (Å²) in [6, 6.07) is 6.34. The van der Waals surface area contributed by atoms with Gasteiger partial charge in [0.1, 0.15) is 28.7 Å². The largest absolute Gasteiger partial charge is 0.509 e. The lowest BCUT2D eigenvalue weighted by Crippen LogP contribution is -2.45. The van der Waals surface area contributed by atoms with Gasteiger partial charge in [0.2, 0.25) is 0 Å². The highest BCUT2D eigenvalue weighted by molar-refractivity contribution is 6.24. The number of carbonyl (C=O) groups excluding carboxylic acids is 3. The van der Waals surface area contributed by atoms with Crippen LogP contribution in [-0.2, 0) is 20.7 Å². The number of carbonyl (C=O) groups is 3. The second-order valence-corrected chi connectivity index (χ2v) is 9.07. The fourth-order valence-corrected chi connectivity index (χ4v) is 3.81. The van der Waals surface area contributed by atoms with Gasteiger partial charge in [0.25, 0.3) is 5.91 Å². The second kappa shape index (κ2) is 9.54. The lowest BCUT2D eigenvalue weighted by atomic mass is 10.0. The molecule has 31 heavy (non-hydrogen) atoms. The number of aliphatic hydroxyl groups excluding tert-OH is 1. The Bertz CT molecular complexity index is 865. The molecule has 0 unspecified atom stereocenters. The zero-order chi connectivity index (χ0) is 22.6. The zero-order valence-corrected chi connectivity index (χ0v) is 18.5. The van der Waals surface area contributed by atoms with Crippen molar-refractivity contribution in [1.82, 2.24) is 4.90 Å². The molecule has 3 aliphatic heterocycles. The summed E-state index contributed by atoms with van der Waals surface area (Å²) in [7, 11) is 0. The molecule has 1 aromatic rings. The SMILES string of the molecule is CC(C)(C)OC(=O)N1C(=O)C2=C(O)[C@@H]1Cc1ccc(cc1)OCCCCCCCC2=O. The number of amides is 2. The predicted molar refractivity (Wildman–Crippen MR) is 115 cm³/mol. The van der Waals surface area contributed by atoms with Crippen LogP contribution in [0.15, 0.2) is 35.6 Å². The zero-order valence-electron chi connectivity index (χ0n) is 18.5. The molecule has 4 rings (SSSR count). The van der Waals surface area contributed by atoms with Crippen molar-refractivity contribution in [1.29, 1.82) is 0 Å². The van der Waals surface area contributed by atoms with Crippen LogP contribution in [0.3, 0.4) is 0 Å². The van der Waals surface area contributed by atoms with Gasteiger partial charge in [-0.05, 0) is 51.3 Å². The third-order valence-electron chi connectivity index (χ3n) is 5.35. The van der Waals surface area contributed by atoms with E-state index >= 15 is 0 Å². The van der Waals surface area contributed by atoms with Crippen molar-refractivity contribution >= 4 is 17.8 Å². The summed E-state index contributed by atoms with van der Waals surface area (Å²) in [5.74, 6) is -0.829. The van der Waals surface area contributed by atoms with Gasteiger partial charge in [0.15, 0.2) is 5.78 Å². The van der Waals surface area contributed by atoms with Crippen molar-refractivity contribution in [3.05, 3.63) is 41.2 Å². The van der Waals surface area contributed by atoms with Gasteiger partial charge in [-0.1, -0.05) is 31.4 Å². The number of fused-ring (bicyclic) bond motifs is 10. The fraction of sp³-hybridized carbons (Fsp3) is 0.542. The Balaban J connectivity index is 1.94. The molecule has 7 heteroatoms. The Morgan fingerprint density at radius 2 is 1.71 bits per heavy atom. The summed E-state index contributed by atoms with van der Waals surface area (Å²) in [5.41, 5.74) is -0.319. The number of hydrogen-bond donors (Lipinski definition) is 1. The lowest BCUT2D eigenvalue weighted by molar-refractivity contribution is -0.128. The number of imide groups is 1. The van der Waals surface area contributed by atoms with Crippen molar-refractivity contribution in [2.45, 2.75) is 77.4 Å². The molecule has 0 aromatic heterocycles. The summed E-state index contributed by atoms with van der Waals surface area (Å²) < 4.78 is 11.2. The van der Waals surface area contributed by atoms with Crippen LogP contribution in [0, 0.1) is 0 Å². The van der Waals surface area contributed by atoms with E-state index in [9.17, 15) is 19.5 Å². The normalized spacial score (nSPS) is 21.1. The molecule has 7 nitrogen and oxygen atoms in total. The molecule has 2 amide bonds. The minimum Gasteiger partial charge on any atom is -0.509 e. The van der Waals surface area contributed by atoms with Crippen molar-refractivity contribution in [2.75, 3.05) is 6.61 Å². The van der Waals surface area contributed by atoms with E-state index in [4.69, 9.17) is 9.47 Å². The second-order valence-electron chi connectivity index (χ2n) is 9.07. The van der Waals surface area contributed by atoms with Crippen molar-refractivity contribution in [3.8, 4) is 5.75 Å². The Morgan fingerprint density at radius 3 is 2.39 bits per heavy atom. The lowest BCUT2D eigenvalue weighted by Gasteiger charge is -2.27. The number of benzene rings is 1. The van der Waals surface area contributed by atoms with Crippen LogP contribution >= 0.6 is 0 Å². The predicted octanol–water partition coefficient (Wildman–Crippen LogP) is 4.49. The van der Waals surface area contributed by atoms with Crippen molar-refractivity contribution < 1.29 is 29.0 Å².